The Morgan fingerprint density at radius 2 is 1.59 bits per heavy atom. The fourth-order valence-corrected chi connectivity index (χ4v) is 3.80. The lowest BCUT2D eigenvalue weighted by Gasteiger charge is -2.15. The van der Waals surface area contributed by atoms with Crippen LogP contribution in [0.5, 0.6) is 0 Å². The fourth-order valence-electron chi connectivity index (χ4n) is 2.71. The molecule has 2 N–H and O–H groups in total. The number of rotatable bonds is 8. The summed E-state index contributed by atoms with van der Waals surface area (Å²) in [4.78, 5) is 4.31. The van der Waals surface area contributed by atoms with Crippen LogP contribution in [0, 0.1) is 0 Å². The molecule has 1 unspecified atom stereocenters. The van der Waals surface area contributed by atoms with E-state index >= 15 is 0 Å². The first-order valence-corrected chi connectivity index (χ1v) is 10.5. The number of hydrogen-bond acceptors (Lipinski definition) is 4. The van der Waals surface area contributed by atoms with Crippen LogP contribution < -0.4 is 10.0 Å². The van der Waals surface area contributed by atoms with Gasteiger partial charge >= 0.3 is 0 Å². The van der Waals surface area contributed by atoms with Crippen LogP contribution in [0.3, 0.4) is 0 Å². The molecule has 0 fully saturated rings. The maximum absolute atomic E-state index is 12.3. The van der Waals surface area contributed by atoms with Crippen molar-refractivity contribution in [3.05, 3.63) is 90.1 Å². The second-order valence-electron chi connectivity index (χ2n) is 6.37. The van der Waals surface area contributed by atoms with Gasteiger partial charge in [-0.3, -0.25) is 4.72 Å². The second kappa shape index (κ2) is 8.68. The average Bonchev–Trinajstić information content (AvgIpc) is 2.69. The second-order valence-corrected chi connectivity index (χ2v) is 8.21. The van der Waals surface area contributed by atoms with E-state index in [4.69, 9.17) is 0 Å². The van der Waals surface area contributed by atoms with Crippen LogP contribution in [0.15, 0.2) is 79.0 Å². The minimum atomic E-state index is -3.42. The number of pyridine rings is 1. The molecule has 5 nitrogen and oxygen atoms in total. The topological polar surface area (TPSA) is 71.1 Å². The van der Waals surface area contributed by atoms with E-state index in [-0.39, 0.29) is 11.8 Å². The van der Waals surface area contributed by atoms with Crippen LogP contribution in [-0.4, -0.2) is 19.2 Å². The number of anilines is 2. The van der Waals surface area contributed by atoms with Crippen molar-refractivity contribution in [2.24, 2.45) is 0 Å². The zero-order valence-electron chi connectivity index (χ0n) is 15.2. The van der Waals surface area contributed by atoms with Gasteiger partial charge in [-0.1, -0.05) is 60.7 Å². The molecule has 27 heavy (non-hydrogen) atoms. The Bertz CT molecular complexity index is 944. The normalized spacial score (nSPS) is 12.3. The standard InChI is InChI=1S/C21H23N3O2S/c1-17(19-10-6-3-7-11-19)23-21-13-12-20(16-22-21)24-27(25,26)15-14-18-8-4-2-5-9-18/h2-13,16-17,24H,14-15H2,1H3,(H,22,23). The molecule has 3 aromatic rings. The third kappa shape index (κ3) is 5.82. The van der Waals surface area contributed by atoms with Crippen molar-refractivity contribution in [2.45, 2.75) is 19.4 Å². The van der Waals surface area contributed by atoms with Crippen molar-refractivity contribution in [2.75, 3.05) is 15.8 Å². The fraction of sp³-hybridized carbons (Fsp3) is 0.190. The number of nitrogens with one attached hydrogen (secondary N) is 2. The molecule has 0 aliphatic heterocycles. The van der Waals surface area contributed by atoms with Crippen LogP contribution in [0.4, 0.5) is 11.5 Å². The average molecular weight is 382 g/mol. The van der Waals surface area contributed by atoms with Crippen LogP contribution in [0.2, 0.25) is 0 Å². The molecule has 0 aliphatic carbocycles. The van der Waals surface area contributed by atoms with Crippen molar-refractivity contribution in [1.29, 1.82) is 0 Å². The van der Waals surface area contributed by atoms with E-state index in [1.807, 2.05) is 60.7 Å². The van der Waals surface area contributed by atoms with Crippen molar-refractivity contribution in [1.82, 2.24) is 4.98 Å². The molecule has 0 saturated carbocycles. The Hall–Kier alpha value is -2.86. The highest BCUT2D eigenvalue weighted by atomic mass is 32.2. The Morgan fingerprint density at radius 1 is 0.926 bits per heavy atom. The number of aromatic nitrogens is 1. The van der Waals surface area contributed by atoms with Gasteiger partial charge in [-0.25, -0.2) is 13.4 Å². The highest BCUT2D eigenvalue weighted by Crippen LogP contribution is 2.19. The summed E-state index contributed by atoms with van der Waals surface area (Å²) in [6.07, 6.45) is 2.00. The minimum absolute atomic E-state index is 0.0298. The summed E-state index contributed by atoms with van der Waals surface area (Å²) in [6, 6.07) is 23.2. The smallest absolute Gasteiger partial charge is 0.233 e. The van der Waals surface area contributed by atoms with Gasteiger partial charge in [-0.05, 0) is 36.6 Å². The zero-order chi connectivity index (χ0) is 19.1. The zero-order valence-corrected chi connectivity index (χ0v) is 16.0. The van der Waals surface area contributed by atoms with Crippen LogP contribution in [0.25, 0.3) is 0 Å². The van der Waals surface area contributed by atoms with Gasteiger partial charge in [0.1, 0.15) is 5.82 Å². The van der Waals surface area contributed by atoms with Crippen molar-refractivity contribution in [3.8, 4) is 0 Å². The minimum Gasteiger partial charge on any atom is -0.364 e. The van der Waals surface area contributed by atoms with E-state index in [2.05, 4.69) is 21.9 Å². The van der Waals surface area contributed by atoms with E-state index in [1.165, 1.54) is 6.20 Å². The predicted molar refractivity (Wildman–Crippen MR) is 110 cm³/mol. The van der Waals surface area contributed by atoms with E-state index in [0.29, 0.717) is 17.9 Å². The molecule has 6 heteroatoms. The molecule has 2 aromatic carbocycles. The first-order valence-electron chi connectivity index (χ1n) is 8.84. The predicted octanol–water partition coefficient (Wildman–Crippen LogP) is 4.24. The first kappa shape index (κ1) is 18.9. The van der Waals surface area contributed by atoms with Gasteiger partial charge in [-0.2, -0.15) is 0 Å². The van der Waals surface area contributed by atoms with Gasteiger partial charge in [0.2, 0.25) is 10.0 Å². The first-order chi connectivity index (χ1) is 13.0. The summed E-state index contributed by atoms with van der Waals surface area (Å²) in [5.41, 5.74) is 2.61. The van der Waals surface area contributed by atoms with Crippen molar-refractivity contribution >= 4 is 21.5 Å². The Kier molecular flexibility index (Phi) is 6.08. The molecule has 1 atom stereocenters. The lowest BCUT2D eigenvalue weighted by atomic mass is 10.1. The van der Waals surface area contributed by atoms with Crippen molar-refractivity contribution < 1.29 is 8.42 Å². The van der Waals surface area contributed by atoms with Gasteiger partial charge in [-0.15, -0.1) is 0 Å². The molecular weight excluding hydrogens is 358 g/mol. The summed E-state index contributed by atoms with van der Waals surface area (Å²) in [7, 11) is -3.42. The van der Waals surface area contributed by atoms with Gasteiger partial charge in [0.05, 0.1) is 17.6 Å². The summed E-state index contributed by atoms with van der Waals surface area (Å²) < 4.78 is 27.1. The van der Waals surface area contributed by atoms with Crippen LogP contribution in [0.1, 0.15) is 24.1 Å². The lowest BCUT2D eigenvalue weighted by Crippen LogP contribution is -2.18. The third-order valence-corrected chi connectivity index (χ3v) is 5.49. The molecule has 0 aliphatic rings. The quantitative estimate of drug-likeness (QED) is 0.612. The summed E-state index contributed by atoms with van der Waals surface area (Å²) >= 11 is 0. The van der Waals surface area contributed by atoms with Crippen LogP contribution in [-0.2, 0) is 16.4 Å². The van der Waals surface area contributed by atoms with E-state index in [1.54, 1.807) is 12.1 Å². The van der Waals surface area contributed by atoms with Crippen LogP contribution >= 0.6 is 0 Å². The third-order valence-electron chi connectivity index (χ3n) is 4.20. The van der Waals surface area contributed by atoms with E-state index in [9.17, 15) is 8.42 Å². The number of benzene rings is 2. The molecule has 3 rings (SSSR count). The largest absolute Gasteiger partial charge is 0.364 e. The summed E-state index contributed by atoms with van der Waals surface area (Å²) in [5.74, 6) is 0.723. The molecule has 0 radical (unpaired) electrons. The van der Waals surface area contributed by atoms with Gasteiger partial charge in [0.25, 0.3) is 0 Å². The Balaban J connectivity index is 1.56. The molecule has 1 aromatic heterocycles. The van der Waals surface area contributed by atoms with Gasteiger partial charge in [0.15, 0.2) is 0 Å². The maximum atomic E-state index is 12.3. The molecule has 0 spiro atoms. The van der Waals surface area contributed by atoms with E-state index < -0.39 is 10.0 Å². The van der Waals surface area contributed by atoms with Crippen molar-refractivity contribution in [3.63, 3.8) is 0 Å². The molecule has 1 heterocycles. The summed E-state index contributed by atoms with van der Waals surface area (Å²) in [6.45, 7) is 2.05. The maximum Gasteiger partial charge on any atom is 0.233 e. The number of hydrogen-bond donors (Lipinski definition) is 2. The Labute approximate surface area is 160 Å². The van der Waals surface area contributed by atoms with Gasteiger partial charge in [0, 0.05) is 6.04 Å². The molecular formula is C21H23N3O2S. The van der Waals surface area contributed by atoms with Gasteiger partial charge < -0.3 is 5.32 Å². The summed E-state index contributed by atoms with van der Waals surface area (Å²) in [5, 5.41) is 3.31. The molecule has 0 bridgehead atoms. The highest BCUT2D eigenvalue weighted by molar-refractivity contribution is 7.92. The molecule has 140 valence electrons. The number of aryl methyl sites for hydroxylation is 1. The highest BCUT2D eigenvalue weighted by Gasteiger charge is 2.11. The monoisotopic (exact) mass is 381 g/mol. The Morgan fingerprint density at radius 3 is 2.22 bits per heavy atom. The van der Waals surface area contributed by atoms with E-state index in [0.717, 1.165) is 11.1 Å². The SMILES string of the molecule is CC(Nc1ccc(NS(=O)(=O)CCc2ccccc2)cn1)c1ccccc1. The molecule has 0 saturated heterocycles. The number of nitrogens with zero attached hydrogens (tertiary/aromatic N) is 1. The number of sulfonamides is 1. The molecule has 0 amide bonds. The lowest BCUT2D eigenvalue weighted by molar-refractivity contribution is 0.600.